The van der Waals surface area contributed by atoms with Gasteiger partial charge in [-0.25, -0.2) is 4.39 Å². The maximum absolute atomic E-state index is 13.6. The number of hydrogen-bond acceptors (Lipinski definition) is 3. The summed E-state index contributed by atoms with van der Waals surface area (Å²) in [6.07, 6.45) is 2.37. The van der Waals surface area contributed by atoms with Crippen molar-refractivity contribution in [1.82, 2.24) is 9.80 Å². The Morgan fingerprint density at radius 2 is 2.17 bits per heavy atom. The van der Waals surface area contributed by atoms with Crippen LogP contribution >= 0.6 is 0 Å². The number of ether oxygens (including phenoxy) is 1. The summed E-state index contributed by atoms with van der Waals surface area (Å²) >= 11 is 0. The van der Waals surface area contributed by atoms with E-state index in [1.807, 2.05) is 18.0 Å². The molecule has 2 aliphatic rings. The SMILES string of the molecule is CN(C(N)=NCC(c1cccc(F)c1)N1CCOCC1)C1CC1. The summed E-state index contributed by atoms with van der Waals surface area (Å²) in [5.41, 5.74) is 7.04. The molecule has 0 radical (unpaired) electrons. The average Bonchev–Trinajstić information content (AvgIpc) is 3.40. The second-order valence-electron chi connectivity index (χ2n) is 6.26. The highest BCUT2D eigenvalue weighted by Crippen LogP contribution is 2.26. The topological polar surface area (TPSA) is 54.1 Å². The molecule has 5 nitrogen and oxygen atoms in total. The van der Waals surface area contributed by atoms with Crippen LogP contribution in [-0.4, -0.2) is 61.7 Å². The van der Waals surface area contributed by atoms with Crippen LogP contribution in [0, 0.1) is 5.82 Å². The first-order chi connectivity index (χ1) is 11.1. The molecule has 0 amide bonds. The summed E-state index contributed by atoms with van der Waals surface area (Å²) in [6, 6.07) is 7.34. The van der Waals surface area contributed by atoms with E-state index in [2.05, 4.69) is 9.89 Å². The summed E-state index contributed by atoms with van der Waals surface area (Å²) in [7, 11) is 1.99. The van der Waals surface area contributed by atoms with E-state index in [9.17, 15) is 4.39 Å². The number of rotatable bonds is 5. The Morgan fingerprint density at radius 3 is 2.83 bits per heavy atom. The van der Waals surface area contributed by atoms with Crippen molar-refractivity contribution in [1.29, 1.82) is 0 Å². The zero-order chi connectivity index (χ0) is 16.2. The lowest BCUT2D eigenvalue weighted by Gasteiger charge is -2.34. The number of morpholine rings is 1. The zero-order valence-electron chi connectivity index (χ0n) is 13.6. The molecular formula is C17H25FN4O. The van der Waals surface area contributed by atoms with Gasteiger partial charge in [0.05, 0.1) is 25.8 Å². The molecule has 1 unspecified atom stereocenters. The van der Waals surface area contributed by atoms with Crippen LogP contribution in [0.3, 0.4) is 0 Å². The van der Waals surface area contributed by atoms with Gasteiger partial charge >= 0.3 is 0 Å². The number of benzene rings is 1. The van der Waals surface area contributed by atoms with Crippen molar-refractivity contribution < 1.29 is 9.13 Å². The fraction of sp³-hybridized carbons (Fsp3) is 0.588. The van der Waals surface area contributed by atoms with E-state index < -0.39 is 0 Å². The third-order valence-electron chi connectivity index (χ3n) is 4.60. The zero-order valence-corrected chi connectivity index (χ0v) is 13.6. The van der Waals surface area contributed by atoms with E-state index in [4.69, 9.17) is 10.5 Å². The first-order valence-corrected chi connectivity index (χ1v) is 8.25. The number of nitrogens with two attached hydrogens (primary N) is 1. The van der Waals surface area contributed by atoms with Gasteiger partial charge in [-0.05, 0) is 30.5 Å². The molecule has 1 saturated carbocycles. The van der Waals surface area contributed by atoms with Gasteiger partial charge in [0, 0.05) is 26.2 Å². The lowest BCUT2D eigenvalue weighted by atomic mass is 10.0. The molecule has 1 aliphatic carbocycles. The second kappa shape index (κ2) is 7.27. The summed E-state index contributed by atoms with van der Waals surface area (Å²) < 4.78 is 19.1. The quantitative estimate of drug-likeness (QED) is 0.661. The van der Waals surface area contributed by atoms with Crippen LogP contribution in [0.5, 0.6) is 0 Å². The Bertz CT molecular complexity index is 555. The summed E-state index contributed by atoms with van der Waals surface area (Å²) in [4.78, 5) is 8.92. The molecule has 2 N–H and O–H groups in total. The Kier molecular flexibility index (Phi) is 5.13. The first kappa shape index (κ1) is 16.2. The summed E-state index contributed by atoms with van der Waals surface area (Å²) in [5, 5.41) is 0. The van der Waals surface area contributed by atoms with Crippen LogP contribution in [0.15, 0.2) is 29.3 Å². The van der Waals surface area contributed by atoms with Gasteiger partial charge in [-0.15, -0.1) is 0 Å². The molecule has 6 heteroatoms. The Hall–Kier alpha value is -1.66. The van der Waals surface area contributed by atoms with Crippen LogP contribution in [0.2, 0.25) is 0 Å². The van der Waals surface area contributed by atoms with Gasteiger partial charge in [-0.3, -0.25) is 9.89 Å². The number of aliphatic imine (C=N–C) groups is 1. The predicted octanol–water partition coefficient (Wildman–Crippen LogP) is 1.61. The van der Waals surface area contributed by atoms with Crippen LogP contribution < -0.4 is 5.73 Å². The molecule has 0 aromatic heterocycles. The molecule has 1 heterocycles. The molecule has 23 heavy (non-hydrogen) atoms. The Morgan fingerprint density at radius 1 is 1.43 bits per heavy atom. The van der Waals surface area contributed by atoms with Crippen molar-refractivity contribution in [3.8, 4) is 0 Å². The van der Waals surface area contributed by atoms with Crippen molar-refractivity contribution in [3.63, 3.8) is 0 Å². The van der Waals surface area contributed by atoms with Gasteiger partial charge in [0.2, 0.25) is 0 Å². The van der Waals surface area contributed by atoms with Crippen molar-refractivity contribution >= 4 is 5.96 Å². The Balaban J connectivity index is 1.75. The molecule has 1 aliphatic heterocycles. The second-order valence-corrected chi connectivity index (χ2v) is 6.26. The molecule has 2 fully saturated rings. The maximum atomic E-state index is 13.6. The van der Waals surface area contributed by atoms with E-state index >= 15 is 0 Å². The molecular weight excluding hydrogens is 295 g/mol. The maximum Gasteiger partial charge on any atom is 0.191 e. The highest BCUT2D eigenvalue weighted by molar-refractivity contribution is 5.78. The van der Waals surface area contributed by atoms with E-state index in [-0.39, 0.29) is 11.9 Å². The predicted molar refractivity (Wildman–Crippen MR) is 88.8 cm³/mol. The van der Waals surface area contributed by atoms with E-state index in [0.29, 0.717) is 31.8 Å². The number of hydrogen-bond donors (Lipinski definition) is 1. The monoisotopic (exact) mass is 320 g/mol. The van der Waals surface area contributed by atoms with Gasteiger partial charge in [-0.2, -0.15) is 0 Å². The van der Waals surface area contributed by atoms with Gasteiger partial charge < -0.3 is 15.4 Å². The number of guanidine groups is 1. The van der Waals surface area contributed by atoms with Crippen molar-refractivity contribution in [2.45, 2.75) is 24.9 Å². The van der Waals surface area contributed by atoms with Gasteiger partial charge in [-0.1, -0.05) is 12.1 Å². The molecule has 0 spiro atoms. The molecule has 1 aromatic carbocycles. The van der Waals surface area contributed by atoms with Crippen LogP contribution in [0.1, 0.15) is 24.4 Å². The lowest BCUT2D eigenvalue weighted by Crippen LogP contribution is -2.41. The van der Waals surface area contributed by atoms with Crippen LogP contribution in [0.25, 0.3) is 0 Å². The third kappa shape index (κ3) is 4.20. The fourth-order valence-corrected chi connectivity index (χ4v) is 2.98. The standard InChI is InChI=1S/C17H25FN4O/c1-21(15-5-6-15)17(19)20-12-16(22-7-9-23-10-8-22)13-3-2-4-14(18)11-13/h2-4,11,15-16H,5-10,12H2,1H3,(H2,19,20). The van der Waals surface area contributed by atoms with E-state index in [1.54, 1.807) is 12.1 Å². The molecule has 3 rings (SSSR count). The van der Waals surface area contributed by atoms with Crippen molar-refractivity contribution in [3.05, 3.63) is 35.6 Å². The molecule has 126 valence electrons. The molecule has 0 bridgehead atoms. The number of nitrogens with zero attached hydrogens (tertiary/aromatic N) is 3. The minimum atomic E-state index is -0.215. The van der Waals surface area contributed by atoms with Crippen LogP contribution in [-0.2, 0) is 4.74 Å². The first-order valence-electron chi connectivity index (χ1n) is 8.25. The lowest BCUT2D eigenvalue weighted by molar-refractivity contribution is 0.0179. The smallest absolute Gasteiger partial charge is 0.191 e. The van der Waals surface area contributed by atoms with Crippen LogP contribution in [0.4, 0.5) is 4.39 Å². The van der Waals surface area contributed by atoms with Crippen molar-refractivity contribution in [2.24, 2.45) is 10.7 Å². The van der Waals surface area contributed by atoms with E-state index in [1.165, 1.54) is 18.9 Å². The average molecular weight is 320 g/mol. The molecule has 1 atom stereocenters. The highest BCUT2D eigenvalue weighted by Gasteiger charge is 2.28. The van der Waals surface area contributed by atoms with Gasteiger partial charge in [0.25, 0.3) is 0 Å². The van der Waals surface area contributed by atoms with Crippen molar-refractivity contribution in [2.75, 3.05) is 39.9 Å². The minimum Gasteiger partial charge on any atom is -0.379 e. The normalized spacial score (nSPS) is 21.2. The fourth-order valence-electron chi connectivity index (χ4n) is 2.98. The van der Waals surface area contributed by atoms with Gasteiger partial charge in [0.1, 0.15) is 5.82 Å². The highest BCUT2D eigenvalue weighted by atomic mass is 19.1. The molecule has 1 saturated heterocycles. The minimum absolute atomic E-state index is 0.0285. The third-order valence-corrected chi connectivity index (χ3v) is 4.60. The van der Waals surface area contributed by atoms with Gasteiger partial charge in [0.15, 0.2) is 5.96 Å². The number of halogens is 1. The van der Waals surface area contributed by atoms with E-state index in [0.717, 1.165) is 18.7 Å². The molecule has 1 aromatic rings. The largest absolute Gasteiger partial charge is 0.379 e. The summed E-state index contributed by atoms with van der Waals surface area (Å²) in [5.74, 6) is 0.356. The Labute approximate surface area is 136 Å². The summed E-state index contributed by atoms with van der Waals surface area (Å²) in [6.45, 7) is 3.59.